The first-order valence-corrected chi connectivity index (χ1v) is 11.8. The van der Waals surface area contributed by atoms with E-state index in [1.54, 1.807) is 18.3 Å². The molecule has 1 aromatic carbocycles. The normalized spacial score (nSPS) is 13.1. The molecule has 0 radical (unpaired) electrons. The Kier molecular flexibility index (Phi) is 7.12. The number of rotatable bonds is 4. The van der Waals surface area contributed by atoms with Crippen LogP contribution < -0.4 is 15.6 Å². The van der Waals surface area contributed by atoms with Crippen LogP contribution in [0.2, 0.25) is 0 Å². The molecular formula is C27H31FN4O2. The molecule has 0 fully saturated rings. The molecule has 1 aliphatic rings. The van der Waals surface area contributed by atoms with Gasteiger partial charge in [-0.3, -0.25) is 9.36 Å². The van der Waals surface area contributed by atoms with Crippen LogP contribution in [0.1, 0.15) is 42.7 Å². The highest BCUT2D eigenvalue weighted by atomic mass is 19.1. The first kappa shape index (κ1) is 23.7. The van der Waals surface area contributed by atoms with Crippen molar-refractivity contribution in [1.29, 1.82) is 0 Å². The van der Waals surface area contributed by atoms with Crippen molar-refractivity contribution >= 4 is 11.0 Å². The van der Waals surface area contributed by atoms with Crippen molar-refractivity contribution in [3.05, 3.63) is 87.2 Å². The van der Waals surface area contributed by atoms with E-state index in [0.29, 0.717) is 17.1 Å². The highest BCUT2D eigenvalue weighted by molar-refractivity contribution is 5.83. The third kappa shape index (κ3) is 4.61. The molecule has 0 atom stereocenters. The van der Waals surface area contributed by atoms with Crippen molar-refractivity contribution in [2.45, 2.75) is 46.8 Å². The summed E-state index contributed by atoms with van der Waals surface area (Å²) in [7, 11) is 2.03. The molecule has 6 nitrogen and oxygen atoms in total. The zero-order valence-electron chi connectivity index (χ0n) is 20.2. The molecule has 4 aromatic rings. The van der Waals surface area contributed by atoms with E-state index in [1.807, 2.05) is 46.0 Å². The van der Waals surface area contributed by atoms with Crippen LogP contribution in [0.15, 0.2) is 53.5 Å². The minimum atomic E-state index is -0.313. The SMILES string of the molecule is CC.Cc1ccc(COc2ccn(-c3ccc4c5c(n(C)c4n3)CCCNC5)c(=O)c2)c(F)c1. The molecule has 34 heavy (non-hydrogen) atoms. The van der Waals surface area contributed by atoms with E-state index in [9.17, 15) is 9.18 Å². The molecule has 0 spiro atoms. The predicted octanol–water partition coefficient (Wildman–Crippen LogP) is 4.81. The van der Waals surface area contributed by atoms with Gasteiger partial charge in [-0.1, -0.05) is 26.0 Å². The van der Waals surface area contributed by atoms with Crippen molar-refractivity contribution in [3.63, 3.8) is 0 Å². The Morgan fingerprint density at radius 1 is 1.15 bits per heavy atom. The number of benzene rings is 1. The zero-order valence-corrected chi connectivity index (χ0v) is 20.2. The van der Waals surface area contributed by atoms with Crippen LogP contribution in [0.5, 0.6) is 5.75 Å². The molecule has 0 amide bonds. The third-order valence-corrected chi connectivity index (χ3v) is 6.07. The fourth-order valence-corrected chi connectivity index (χ4v) is 4.33. The van der Waals surface area contributed by atoms with Crippen LogP contribution in [-0.2, 0) is 26.6 Å². The first-order chi connectivity index (χ1) is 16.5. The molecule has 0 aliphatic carbocycles. The number of ether oxygens (including phenoxy) is 1. The summed E-state index contributed by atoms with van der Waals surface area (Å²) in [6, 6.07) is 12.0. The minimum Gasteiger partial charge on any atom is -0.489 e. The predicted molar refractivity (Wildman–Crippen MR) is 133 cm³/mol. The standard InChI is InChI=1S/C25H25FN4O2.C2H6/c1-16-5-6-17(21(26)12-16)15-32-18-9-11-30(24(31)13-18)23-8-7-19-20-14-27-10-3-4-22(20)29(2)25(19)28-23;1-2/h5-9,11-13,27H,3-4,10,14-15H2,1-2H3;1-2H3. The minimum absolute atomic E-state index is 0.0582. The van der Waals surface area contributed by atoms with Gasteiger partial charge in [0, 0.05) is 42.5 Å². The van der Waals surface area contributed by atoms with Crippen molar-refractivity contribution in [3.8, 4) is 11.6 Å². The fraction of sp³-hybridized carbons (Fsp3) is 0.333. The number of nitrogens with zero attached hydrogens (tertiary/aromatic N) is 3. The maximum absolute atomic E-state index is 14.0. The molecule has 0 unspecified atom stereocenters. The van der Waals surface area contributed by atoms with Gasteiger partial charge in [-0.15, -0.1) is 0 Å². The van der Waals surface area contributed by atoms with Gasteiger partial charge in [0.25, 0.3) is 5.56 Å². The Morgan fingerprint density at radius 2 is 1.97 bits per heavy atom. The van der Waals surface area contributed by atoms with Gasteiger partial charge in [0.1, 0.15) is 29.6 Å². The molecule has 1 aliphatic heterocycles. The lowest BCUT2D eigenvalue weighted by Crippen LogP contribution is -2.18. The Balaban J connectivity index is 0.00000133. The Hall–Kier alpha value is -3.45. The Morgan fingerprint density at radius 3 is 2.74 bits per heavy atom. The van der Waals surface area contributed by atoms with E-state index in [-0.39, 0.29) is 18.0 Å². The fourth-order valence-electron chi connectivity index (χ4n) is 4.33. The summed E-state index contributed by atoms with van der Waals surface area (Å²) < 4.78 is 23.3. The number of hydrogen-bond acceptors (Lipinski definition) is 4. The van der Waals surface area contributed by atoms with Gasteiger partial charge in [-0.2, -0.15) is 0 Å². The van der Waals surface area contributed by atoms with Crippen molar-refractivity contribution in [1.82, 2.24) is 19.4 Å². The maximum atomic E-state index is 14.0. The van der Waals surface area contributed by atoms with E-state index >= 15 is 0 Å². The molecule has 1 N–H and O–H groups in total. The monoisotopic (exact) mass is 462 g/mol. The van der Waals surface area contributed by atoms with Crippen LogP contribution in [0.25, 0.3) is 16.9 Å². The van der Waals surface area contributed by atoms with E-state index < -0.39 is 0 Å². The lowest BCUT2D eigenvalue weighted by Gasteiger charge is -2.10. The van der Waals surface area contributed by atoms with Crippen LogP contribution in [0, 0.1) is 12.7 Å². The van der Waals surface area contributed by atoms with Crippen LogP contribution in [-0.4, -0.2) is 20.7 Å². The van der Waals surface area contributed by atoms with Gasteiger partial charge < -0.3 is 14.6 Å². The second-order valence-corrected chi connectivity index (χ2v) is 8.26. The molecule has 178 valence electrons. The van der Waals surface area contributed by atoms with E-state index in [1.165, 1.54) is 28.0 Å². The largest absolute Gasteiger partial charge is 0.489 e. The summed E-state index contributed by atoms with van der Waals surface area (Å²) >= 11 is 0. The average Bonchev–Trinajstić information content (AvgIpc) is 2.98. The van der Waals surface area contributed by atoms with E-state index in [0.717, 1.165) is 42.5 Å². The molecule has 5 rings (SSSR count). The van der Waals surface area contributed by atoms with Gasteiger partial charge in [-0.25, -0.2) is 9.37 Å². The lowest BCUT2D eigenvalue weighted by atomic mass is 10.1. The van der Waals surface area contributed by atoms with E-state index in [2.05, 4.69) is 9.88 Å². The van der Waals surface area contributed by atoms with Crippen LogP contribution >= 0.6 is 0 Å². The van der Waals surface area contributed by atoms with Crippen LogP contribution in [0.4, 0.5) is 4.39 Å². The number of aromatic nitrogens is 3. The summed E-state index contributed by atoms with van der Waals surface area (Å²) in [4.78, 5) is 17.6. The maximum Gasteiger partial charge on any atom is 0.259 e. The molecule has 0 bridgehead atoms. The van der Waals surface area contributed by atoms with Crippen molar-refractivity contribution < 1.29 is 9.13 Å². The highest BCUT2D eigenvalue weighted by Gasteiger charge is 2.18. The Bertz CT molecular complexity index is 1370. The zero-order chi connectivity index (χ0) is 24.2. The van der Waals surface area contributed by atoms with Gasteiger partial charge in [-0.05, 0) is 61.7 Å². The molecule has 4 heterocycles. The molecule has 7 heteroatoms. The van der Waals surface area contributed by atoms with Gasteiger partial charge in [0.15, 0.2) is 0 Å². The number of pyridine rings is 2. The summed E-state index contributed by atoms with van der Waals surface area (Å²) in [5.41, 5.74) is 4.51. The summed E-state index contributed by atoms with van der Waals surface area (Å²) in [5.74, 6) is 0.637. The second kappa shape index (κ2) is 10.2. The van der Waals surface area contributed by atoms with Gasteiger partial charge >= 0.3 is 0 Å². The third-order valence-electron chi connectivity index (χ3n) is 6.07. The number of halogens is 1. The first-order valence-electron chi connectivity index (χ1n) is 11.8. The molecule has 0 saturated carbocycles. The highest BCUT2D eigenvalue weighted by Crippen LogP contribution is 2.27. The molecule has 3 aromatic heterocycles. The summed E-state index contributed by atoms with van der Waals surface area (Å²) in [6.07, 6.45) is 3.75. The van der Waals surface area contributed by atoms with Crippen molar-refractivity contribution in [2.75, 3.05) is 6.54 Å². The lowest BCUT2D eigenvalue weighted by molar-refractivity contribution is 0.299. The molecule has 0 saturated heterocycles. The Labute approximate surface area is 199 Å². The van der Waals surface area contributed by atoms with Gasteiger partial charge in [0.2, 0.25) is 0 Å². The van der Waals surface area contributed by atoms with Crippen molar-refractivity contribution in [2.24, 2.45) is 7.05 Å². The average molecular weight is 463 g/mol. The topological polar surface area (TPSA) is 61.1 Å². The number of fused-ring (bicyclic) bond motifs is 3. The number of hydrogen-bond donors (Lipinski definition) is 1. The summed E-state index contributed by atoms with van der Waals surface area (Å²) in [5, 5.41) is 4.59. The smallest absolute Gasteiger partial charge is 0.259 e. The number of nitrogens with one attached hydrogen (secondary N) is 1. The van der Waals surface area contributed by atoms with Crippen LogP contribution in [0.3, 0.4) is 0 Å². The molecular weight excluding hydrogens is 431 g/mol. The number of aryl methyl sites for hydroxylation is 2. The quantitative estimate of drug-likeness (QED) is 0.473. The second-order valence-electron chi connectivity index (χ2n) is 8.26. The summed E-state index contributed by atoms with van der Waals surface area (Å²) in [6.45, 7) is 7.74. The van der Waals surface area contributed by atoms with E-state index in [4.69, 9.17) is 9.72 Å². The van der Waals surface area contributed by atoms with Gasteiger partial charge in [0.05, 0.1) is 0 Å².